The van der Waals surface area contributed by atoms with Gasteiger partial charge in [0.1, 0.15) is 11.5 Å². The van der Waals surface area contributed by atoms with Crippen LogP contribution in [0.5, 0.6) is 17.5 Å². The summed E-state index contributed by atoms with van der Waals surface area (Å²) in [4.78, 5) is 10.4. The summed E-state index contributed by atoms with van der Waals surface area (Å²) in [5.74, 6) is -0.460. The van der Waals surface area contributed by atoms with E-state index in [1.165, 1.54) is 0 Å². The van der Waals surface area contributed by atoms with Crippen molar-refractivity contribution in [1.82, 2.24) is 15.0 Å². The Labute approximate surface area is 197 Å². The van der Waals surface area contributed by atoms with Gasteiger partial charge in [0.05, 0.1) is 15.5 Å². The molecule has 0 spiro atoms. The second-order valence-electron chi connectivity index (χ2n) is 6.71. The zero-order chi connectivity index (χ0) is 24.7. The number of ether oxygens (including phenoxy) is 1. The van der Waals surface area contributed by atoms with Crippen molar-refractivity contribution < 1.29 is 35.8 Å². The Morgan fingerprint density at radius 3 is 2.09 bits per heavy atom. The summed E-state index contributed by atoms with van der Waals surface area (Å²) >= 11 is 5.94. The number of phenols is 1. The number of hydrogen-bond donors (Lipinski definition) is 4. The SMILES string of the molecule is O=S(=O)(O)c1cc(O)c2c(Nc3nc(Cl)nc(Oc4ccccc4)n3)cc(S(=O)(=O)O)cc2c1. The lowest BCUT2D eigenvalue weighted by Crippen LogP contribution is -2.05. The van der Waals surface area contributed by atoms with Crippen molar-refractivity contribution in [3.63, 3.8) is 0 Å². The Hall–Kier alpha value is -3.56. The number of nitrogens with one attached hydrogen (secondary N) is 1. The van der Waals surface area contributed by atoms with Crippen molar-refractivity contribution in [2.75, 3.05) is 5.32 Å². The molecule has 0 saturated heterocycles. The highest BCUT2D eigenvalue weighted by molar-refractivity contribution is 7.86. The molecule has 34 heavy (non-hydrogen) atoms. The van der Waals surface area contributed by atoms with E-state index in [1.807, 2.05) is 0 Å². The fourth-order valence-corrected chi connectivity index (χ4v) is 4.21. The van der Waals surface area contributed by atoms with Gasteiger partial charge in [0.25, 0.3) is 20.2 Å². The zero-order valence-electron chi connectivity index (χ0n) is 16.6. The van der Waals surface area contributed by atoms with Gasteiger partial charge in [0, 0.05) is 11.5 Å². The van der Waals surface area contributed by atoms with E-state index in [4.69, 9.17) is 16.3 Å². The fourth-order valence-electron chi connectivity index (χ4n) is 2.98. The Morgan fingerprint density at radius 2 is 1.47 bits per heavy atom. The van der Waals surface area contributed by atoms with Gasteiger partial charge in [-0.3, -0.25) is 9.11 Å². The zero-order valence-corrected chi connectivity index (χ0v) is 19.0. The molecule has 15 heteroatoms. The van der Waals surface area contributed by atoms with Crippen molar-refractivity contribution >= 4 is 54.2 Å². The van der Waals surface area contributed by atoms with E-state index in [2.05, 4.69) is 20.3 Å². The average Bonchev–Trinajstić information content (AvgIpc) is 2.72. The Bertz CT molecular complexity index is 1630. The summed E-state index contributed by atoms with van der Waals surface area (Å²) in [5, 5.41) is 12.6. The molecule has 0 atom stereocenters. The normalized spacial score (nSPS) is 12.0. The quantitative estimate of drug-likeness (QED) is 0.269. The van der Waals surface area contributed by atoms with Crippen LogP contribution in [0.1, 0.15) is 0 Å². The first-order chi connectivity index (χ1) is 15.9. The molecule has 4 aromatic rings. The smallest absolute Gasteiger partial charge is 0.328 e. The third kappa shape index (κ3) is 5.16. The van der Waals surface area contributed by atoms with Crippen molar-refractivity contribution in [3.05, 3.63) is 59.9 Å². The molecule has 4 N–H and O–H groups in total. The largest absolute Gasteiger partial charge is 0.507 e. The highest BCUT2D eigenvalue weighted by Gasteiger charge is 2.20. The maximum absolute atomic E-state index is 11.8. The molecule has 4 rings (SSSR count). The van der Waals surface area contributed by atoms with E-state index in [-0.39, 0.29) is 33.7 Å². The van der Waals surface area contributed by atoms with Crippen LogP contribution < -0.4 is 10.1 Å². The first kappa shape index (κ1) is 23.6. The molecule has 176 valence electrons. The van der Waals surface area contributed by atoms with Crippen LogP contribution in [-0.4, -0.2) is 46.0 Å². The Morgan fingerprint density at radius 1 is 0.853 bits per heavy atom. The number of para-hydroxylation sites is 1. The lowest BCUT2D eigenvalue weighted by atomic mass is 10.1. The average molecular weight is 525 g/mol. The van der Waals surface area contributed by atoms with E-state index in [0.717, 1.165) is 24.3 Å². The van der Waals surface area contributed by atoms with Gasteiger partial charge in [-0.05, 0) is 47.3 Å². The summed E-state index contributed by atoms with van der Waals surface area (Å²) in [7, 11) is -9.50. The standard InChI is InChI=1S/C19H13ClN4O8S2/c20-17-22-18(24-19(23-17)32-11-4-2-1-3-5-11)21-14-8-12(33(26,27)28)6-10-7-13(34(29,30)31)9-15(25)16(10)14/h1-9,25H,(H,26,27,28)(H,29,30,31)(H,21,22,23,24). The van der Waals surface area contributed by atoms with Crippen molar-refractivity contribution in [2.45, 2.75) is 9.79 Å². The second-order valence-corrected chi connectivity index (χ2v) is 9.89. The van der Waals surface area contributed by atoms with E-state index in [1.54, 1.807) is 30.3 Å². The number of aromatic hydroxyl groups is 1. The Kier molecular flexibility index (Phi) is 6.01. The molecule has 0 radical (unpaired) electrons. The molecule has 3 aromatic carbocycles. The van der Waals surface area contributed by atoms with Crippen molar-refractivity contribution in [2.24, 2.45) is 0 Å². The third-order valence-corrected chi connectivity index (χ3v) is 6.19. The van der Waals surface area contributed by atoms with Gasteiger partial charge < -0.3 is 15.2 Å². The van der Waals surface area contributed by atoms with E-state index in [0.29, 0.717) is 5.75 Å². The number of aromatic nitrogens is 3. The van der Waals surface area contributed by atoms with Gasteiger partial charge in [-0.2, -0.15) is 31.8 Å². The van der Waals surface area contributed by atoms with Gasteiger partial charge in [0.15, 0.2) is 0 Å². The molecule has 0 fully saturated rings. The topological polar surface area (TPSA) is 189 Å². The maximum atomic E-state index is 11.8. The third-order valence-electron chi connectivity index (χ3n) is 4.36. The highest BCUT2D eigenvalue weighted by atomic mass is 35.5. The monoisotopic (exact) mass is 524 g/mol. The van der Waals surface area contributed by atoms with Gasteiger partial charge in [0.2, 0.25) is 11.2 Å². The minimum atomic E-state index is -4.76. The number of rotatable bonds is 6. The molecule has 0 aliphatic heterocycles. The van der Waals surface area contributed by atoms with Crippen molar-refractivity contribution in [3.8, 4) is 17.5 Å². The molecule has 0 aliphatic carbocycles. The minimum Gasteiger partial charge on any atom is -0.507 e. The minimum absolute atomic E-state index is 0.0677. The molecule has 12 nitrogen and oxygen atoms in total. The molecule has 0 bridgehead atoms. The molecule has 1 heterocycles. The van der Waals surface area contributed by atoms with Crippen molar-refractivity contribution in [1.29, 1.82) is 0 Å². The molecular weight excluding hydrogens is 512 g/mol. The lowest BCUT2D eigenvalue weighted by Gasteiger charge is -2.13. The molecule has 0 amide bonds. The molecule has 0 unspecified atom stereocenters. The number of fused-ring (bicyclic) bond motifs is 1. The van der Waals surface area contributed by atoms with Crippen LogP contribution in [0.3, 0.4) is 0 Å². The number of benzene rings is 3. The Balaban J connectivity index is 1.86. The number of halogens is 1. The van der Waals surface area contributed by atoms with Gasteiger partial charge >= 0.3 is 6.01 Å². The fraction of sp³-hybridized carbons (Fsp3) is 0. The number of phenolic OH excluding ortho intramolecular Hbond substituents is 1. The van der Waals surface area contributed by atoms with Crippen LogP contribution >= 0.6 is 11.6 Å². The van der Waals surface area contributed by atoms with E-state index in [9.17, 15) is 31.0 Å². The molecular formula is C19H13ClN4O8S2. The van der Waals surface area contributed by atoms with Crippen LogP contribution in [0.4, 0.5) is 11.6 Å². The first-order valence-electron chi connectivity index (χ1n) is 9.07. The summed E-state index contributed by atoms with van der Waals surface area (Å²) in [6.45, 7) is 0. The molecule has 0 aliphatic rings. The predicted octanol–water partition coefficient (Wildman–Crippen LogP) is 3.41. The number of hydrogen-bond acceptors (Lipinski definition) is 10. The van der Waals surface area contributed by atoms with Gasteiger partial charge in [-0.25, -0.2) is 0 Å². The second kappa shape index (κ2) is 8.66. The molecule has 1 aromatic heterocycles. The number of nitrogens with zero attached hydrogens (tertiary/aromatic N) is 3. The summed E-state index contributed by atoms with van der Waals surface area (Å²) in [5.41, 5.74) is -0.141. The van der Waals surface area contributed by atoms with Crippen LogP contribution in [-0.2, 0) is 20.2 Å². The predicted molar refractivity (Wildman–Crippen MR) is 120 cm³/mol. The van der Waals surface area contributed by atoms with E-state index < -0.39 is 35.8 Å². The molecule has 0 saturated carbocycles. The summed E-state index contributed by atoms with van der Waals surface area (Å²) in [6, 6.07) is 11.8. The van der Waals surface area contributed by atoms with Crippen LogP contribution in [0.15, 0.2) is 64.4 Å². The van der Waals surface area contributed by atoms with Gasteiger partial charge in [-0.1, -0.05) is 18.2 Å². The maximum Gasteiger partial charge on any atom is 0.328 e. The lowest BCUT2D eigenvalue weighted by molar-refractivity contribution is 0.440. The van der Waals surface area contributed by atoms with Crippen LogP contribution in [0, 0.1) is 0 Å². The van der Waals surface area contributed by atoms with E-state index >= 15 is 0 Å². The van der Waals surface area contributed by atoms with Crippen LogP contribution in [0.25, 0.3) is 10.8 Å². The first-order valence-corrected chi connectivity index (χ1v) is 12.3. The van der Waals surface area contributed by atoms with Crippen LogP contribution in [0.2, 0.25) is 5.28 Å². The number of anilines is 2. The summed E-state index contributed by atoms with van der Waals surface area (Å²) in [6.07, 6.45) is 0. The van der Waals surface area contributed by atoms with Gasteiger partial charge in [-0.15, -0.1) is 0 Å². The summed E-state index contributed by atoms with van der Waals surface area (Å²) < 4.78 is 70.9. The highest BCUT2D eigenvalue weighted by Crippen LogP contribution is 2.37.